The number of aryl methyl sites for hydroxylation is 3. The number of hydrogen-bond acceptors (Lipinski definition) is 3. The first-order chi connectivity index (χ1) is 8.54. The maximum Gasteiger partial charge on any atom is 0.0769 e. The van der Waals surface area contributed by atoms with Gasteiger partial charge in [0, 0.05) is 17.8 Å². The van der Waals surface area contributed by atoms with E-state index in [2.05, 4.69) is 28.6 Å². The second-order valence-corrected chi connectivity index (χ2v) is 4.70. The summed E-state index contributed by atoms with van der Waals surface area (Å²) in [7, 11) is 0. The highest BCUT2D eigenvalue weighted by Gasteiger charge is 2.15. The predicted octanol–water partition coefficient (Wildman–Crippen LogP) is 2.86. The first kappa shape index (κ1) is 12.6. The molecule has 96 valence electrons. The van der Waals surface area contributed by atoms with Crippen LogP contribution in [0.3, 0.4) is 0 Å². The Bertz CT molecular complexity index is 569. The van der Waals surface area contributed by atoms with E-state index in [0.717, 1.165) is 35.5 Å². The standard InChI is InChI=1S/C14H20N4/c1-5-6-18-11(4)13(10(3)17-18)14-9(2)7-12(15)8-16-14/h7-8H,5-6,15H2,1-4H3. The normalized spacial score (nSPS) is 10.9. The lowest BCUT2D eigenvalue weighted by atomic mass is 10.0. The van der Waals surface area contributed by atoms with Gasteiger partial charge in [0.1, 0.15) is 0 Å². The summed E-state index contributed by atoms with van der Waals surface area (Å²) >= 11 is 0. The van der Waals surface area contributed by atoms with Crippen molar-refractivity contribution < 1.29 is 0 Å². The lowest BCUT2D eigenvalue weighted by Crippen LogP contribution is -2.01. The number of nitrogen functional groups attached to an aromatic ring is 1. The van der Waals surface area contributed by atoms with Crippen molar-refractivity contribution in [1.29, 1.82) is 0 Å². The van der Waals surface area contributed by atoms with Gasteiger partial charge in [-0.15, -0.1) is 0 Å². The molecule has 2 heterocycles. The van der Waals surface area contributed by atoms with Crippen molar-refractivity contribution >= 4 is 5.69 Å². The first-order valence-corrected chi connectivity index (χ1v) is 6.31. The molecule has 0 fully saturated rings. The van der Waals surface area contributed by atoms with Crippen LogP contribution in [0.5, 0.6) is 0 Å². The van der Waals surface area contributed by atoms with E-state index >= 15 is 0 Å². The molecule has 0 atom stereocenters. The van der Waals surface area contributed by atoms with Gasteiger partial charge < -0.3 is 5.73 Å². The molecule has 0 aliphatic rings. The number of pyridine rings is 1. The molecule has 0 spiro atoms. The smallest absolute Gasteiger partial charge is 0.0769 e. The average Bonchev–Trinajstić information content (AvgIpc) is 2.56. The third-order valence-electron chi connectivity index (χ3n) is 3.15. The van der Waals surface area contributed by atoms with Gasteiger partial charge in [-0.25, -0.2) is 0 Å². The van der Waals surface area contributed by atoms with Crippen LogP contribution >= 0.6 is 0 Å². The summed E-state index contributed by atoms with van der Waals surface area (Å²) in [5.74, 6) is 0. The summed E-state index contributed by atoms with van der Waals surface area (Å²) < 4.78 is 2.06. The number of anilines is 1. The van der Waals surface area contributed by atoms with Gasteiger partial charge in [-0.05, 0) is 38.8 Å². The minimum Gasteiger partial charge on any atom is -0.397 e. The maximum absolute atomic E-state index is 5.75. The zero-order chi connectivity index (χ0) is 13.3. The van der Waals surface area contributed by atoms with E-state index < -0.39 is 0 Å². The fourth-order valence-corrected chi connectivity index (χ4v) is 2.33. The minimum atomic E-state index is 0.701. The van der Waals surface area contributed by atoms with Gasteiger partial charge in [-0.2, -0.15) is 5.10 Å². The van der Waals surface area contributed by atoms with Crippen molar-refractivity contribution in [2.75, 3.05) is 5.73 Å². The second-order valence-electron chi connectivity index (χ2n) is 4.70. The predicted molar refractivity (Wildman–Crippen MR) is 74.4 cm³/mol. The van der Waals surface area contributed by atoms with Gasteiger partial charge in [-0.3, -0.25) is 9.67 Å². The van der Waals surface area contributed by atoms with E-state index in [1.165, 1.54) is 5.69 Å². The summed E-state index contributed by atoms with van der Waals surface area (Å²) in [6.07, 6.45) is 2.79. The van der Waals surface area contributed by atoms with Crippen molar-refractivity contribution in [3.8, 4) is 11.3 Å². The van der Waals surface area contributed by atoms with E-state index in [0.29, 0.717) is 5.69 Å². The molecule has 0 radical (unpaired) electrons. The molecule has 0 aliphatic heterocycles. The monoisotopic (exact) mass is 244 g/mol. The highest BCUT2D eigenvalue weighted by Crippen LogP contribution is 2.28. The van der Waals surface area contributed by atoms with E-state index in [1.54, 1.807) is 6.20 Å². The van der Waals surface area contributed by atoms with Gasteiger partial charge in [0.05, 0.1) is 23.3 Å². The Morgan fingerprint density at radius 1 is 1.28 bits per heavy atom. The zero-order valence-corrected chi connectivity index (χ0v) is 11.5. The highest BCUT2D eigenvalue weighted by atomic mass is 15.3. The van der Waals surface area contributed by atoms with Crippen LogP contribution in [0.4, 0.5) is 5.69 Å². The minimum absolute atomic E-state index is 0.701. The topological polar surface area (TPSA) is 56.7 Å². The number of aromatic nitrogens is 3. The van der Waals surface area contributed by atoms with Crippen molar-refractivity contribution in [1.82, 2.24) is 14.8 Å². The summed E-state index contributed by atoms with van der Waals surface area (Å²) in [5.41, 5.74) is 11.9. The lowest BCUT2D eigenvalue weighted by Gasteiger charge is -2.07. The van der Waals surface area contributed by atoms with Gasteiger partial charge >= 0.3 is 0 Å². The number of hydrogen-bond donors (Lipinski definition) is 1. The Labute approximate surface area is 108 Å². The molecule has 2 aromatic rings. The van der Waals surface area contributed by atoms with Crippen LogP contribution in [-0.4, -0.2) is 14.8 Å². The molecule has 4 nitrogen and oxygen atoms in total. The SMILES string of the molecule is CCCn1nc(C)c(-c2ncc(N)cc2C)c1C. The van der Waals surface area contributed by atoms with Crippen LogP contribution in [0.2, 0.25) is 0 Å². The molecule has 2 rings (SSSR count). The largest absolute Gasteiger partial charge is 0.397 e. The Hall–Kier alpha value is -1.84. The third-order valence-corrected chi connectivity index (χ3v) is 3.15. The number of nitrogens with two attached hydrogens (primary N) is 1. The summed E-state index contributed by atoms with van der Waals surface area (Å²) in [6.45, 7) is 9.27. The number of rotatable bonds is 3. The van der Waals surface area contributed by atoms with Crippen molar-refractivity contribution in [2.24, 2.45) is 0 Å². The lowest BCUT2D eigenvalue weighted by molar-refractivity contribution is 0.583. The molecule has 0 aliphatic carbocycles. The van der Waals surface area contributed by atoms with Crippen LogP contribution in [0, 0.1) is 20.8 Å². The average molecular weight is 244 g/mol. The van der Waals surface area contributed by atoms with Crippen molar-refractivity contribution in [3.63, 3.8) is 0 Å². The molecule has 0 saturated carbocycles. The van der Waals surface area contributed by atoms with E-state index in [1.807, 2.05) is 19.9 Å². The zero-order valence-electron chi connectivity index (χ0n) is 11.5. The summed E-state index contributed by atoms with van der Waals surface area (Å²) in [5, 5.41) is 4.59. The molecule has 4 heteroatoms. The van der Waals surface area contributed by atoms with Crippen molar-refractivity contribution in [2.45, 2.75) is 40.7 Å². The van der Waals surface area contributed by atoms with Crippen LogP contribution in [0.25, 0.3) is 11.3 Å². The van der Waals surface area contributed by atoms with E-state index in [4.69, 9.17) is 5.73 Å². The fourth-order valence-electron chi connectivity index (χ4n) is 2.33. The molecule has 0 saturated heterocycles. The van der Waals surface area contributed by atoms with Crippen molar-refractivity contribution in [3.05, 3.63) is 29.2 Å². The van der Waals surface area contributed by atoms with Gasteiger partial charge in [0.25, 0.3) is 0 Å². The molecular formula is C14H20N4. The molecule has 0 aromatic carbocycles. The van der Waals surface area contributed by atoms with Gasteiger partial charge in [-0.1, -0.05) is 6.92 Å². The fraction of sp³-hybridized carbons (Fsp3) is 0.429. The highest BCUT2D eigenvalue weighted by molar-refractivity contribution is 5.69. The van der Waals surface area contributed by atoms with Crippen LogP contribution in [0.15, 0.2) is 12.3 Å². The molecule has 2 N–H and O–H groups in total. The van der Waals surface area contributed by atoms with E-state index in [-0.39, 0.29) is 0 Å². The van der Waals surface area contributed by atoms with Crippen LogP contribution < -0.4 is 5.73 Å². The van der Waals surface area contributed by atoms with Gasteiger partial charge in [0.15, 0.2) is 0 Å². The molecule has 0 unspecified atom stereocenters. The Balaban J connectivity index is 2.56. The molecule has 2 aromatic heterocycles. The summed E-state index contributed by atoms with van der Waals surface area (Å²) in [4.78, 5) is 4.46. The second kappa shape index (κ2) is 4.80. The van der Waals surface area contributed by atoms with Crippen LogP contribution in [-0.2, 0) is 6.54 Å². The molecular weight excluding hydrogens is 224 g/mol. The van der Waals surface area contributed by atoms with Gasteiger partial charge in [0.2, 0.25) is 0 Å². The maximum atomic E-state index is 5.75. The Morgan fingerprint density at radius 2 is 2.00 bits per heavy atom. The van der Waals surface area contributed by atoms with Crippen LogP contribution in [0.1, 0.15) is 30.3 Å². The molecule has 0 bridgehead atoms. The quantitative estimate of drug-likeness (QED) is 0.903. The van der Waals surface area contributed by atoms with E-state index in [9.17, 15) is 0 Å². The Morgan fingerprint density at radius 3 is 2.61 bits per heavy atom. The molecule has 0 amide bonds. The Kier molecular flexibility index (Phi) is 3.36. The summed E-state index contributed by atoms with van der Waals surface area (Å²) in [6, 6.07) is 1.96. The first-order valence-electron chi connectivity index (χ1n) is 6.31. The number of nitrogens with zero attached hydrogens (tertiary/aromatic N) is 3. The third kappa shape index (κ3) is 2.10. The molecule has 18 heavy (non-hydrogen) atoms.